The van der Waals surface area contributed by atoms with E-state index in [0.717, 1.165) is 17.7 Å². The van der Waals surface area contributed by atoms with Gasteiger partial charge in [-0.1, -0.05) is 25.1 Å². The topological polar surface area (TPSA) is 72.2 Å². The number of hydrogen-bond donors (Lipinski definition) is 2. The van der Waals surface area contributed by atoms with Gasteiger partial charge >= 0.3 is 0 Å². The summed E-state index contributed by atoms with van der Waals surface area (Å²) in [6, 6.07) is 9.26. The van der Waals surface area contributed by atoms with Crippen LogP contribution in [0.3, 0.4) is 0 Å². The molecule has 2 aromatic rings. The summed E-state index contributed by atoms with van der Waals surface area (Å²) in [5.41, 5.74) is 7.69. The van der Waals surface area contributed by atoms with Crippen LogP contribution in [0.1, 0.15) is 18.1 Å². The number of nitrogens with two attached hydrogens (primary N) is 1. The second-order valence-corrected chi connectivity index (χ2v) is 6.41. The van der Waals surface area contributed by atoms with Gasteiger partial charge in [-0.2, -0.15) is 0 Å². The van der Waals surface area contributed by atoms with Gasteiger partial charge in [0, 0.05) is 5.69 Å². The lowest BCUT2D eigenvalue weighted by Gasteiger charge is -2.13. The van der Waals surface area contributed by atoms with Crippen LogP contribution in [-0.4, -0.2) is 8.42 Å². The van der Waals surface area contributed by atoms with Gasteiger partial charge in [0.05, 0.1) is 5.69 Å². The number of benzene rings is 2. The number of sulfonamides is 1. The molecule has 2 rings (SSSR count). The van der Waals surface area contributed by atoms with Crippen molar-refractivity contribution in [2.75, 3.05) is 10.5 Å². The molecule has 0 aliphatic rings. The minimum Gasteiger partial charge on any atom is -0.398 e. The molecule has 112 valence electrons. The van der Waals surface area contributed by atoms with Crippen molar-refractivity contribution in [3.8, 4) is 0 Å². The van der Waals surface area contributed by atoms with Crippen LogP contribution < -0.4 is 10.5 Å². The van der Waals surface area contributed by atoms with E-state index in [1.165, 1.54) is 0 Å². The zero-order chi connectivity index (χ0) is 15.6. The Morgan fingerprint density at radius 1 is 1.24 bits per heavy atom. The van der Waals surface area contributed by atoms with Gasteiger partial charge in [0.1, 0.15) is 10.7 Å². The molecule has 3 N–H and O–H groups in total. The first-order valence-electron chi connectivity index (χ1n) is 6.51. The van der Waals surface area contributed by atoms with Crippen molar-refractivity contribution < 1.29 is 12.8 Å². The van der Waals surface area contributed by atoms with Crippen molar-refractivity contribution in [2.45, 2.75) is 25.2 Å². The number of halogens is 1. The van der Waals surface area contributed by atoms with Crippen LogP contribution in [0.4, 0.5) is 15.8 Å². The van der Waals surface area contributed by atoms with Crippen LogP contribution >= 0.6 is 0 Å². The van der Waals surface area contributed by atoms with Crippen LogP contribution in [0.15, 0.2) is 41.3 Å². The molecule has 0 atom stereocenters. The van der Waals surface area contributed by atoms with Crippen molar-refractivity contribution in [1.82, 2.24) is 0 Å². The molecule has 21 heavy (non-hydrogen) atoms. The summed E-state index contributed by atoms with van der Waals surface area (Å²) in [6.07, 6.45) is 0.664. The van der Waals surface area contributed by atoms with E-state index in [2.05, 4.69) is 4.72 Å². The maximum Gasteiger partial charge on any atom is 0.264 e. The second kappa shape index (κ2) is 5.73. The fraction of sp³-hybridized carbons (Fsp3) is 0.200. The molecule has 2 aromatic carbocycles. The summed E-state index contributed by atoms with van der Waals surface area (Å²) in [7, 11) is -4.02. The summed E-state index contributed by atoms with van der Waals surface area (Å²) in [4.78, 5) is -0.448. The third-order valence-electron chi connectivity index (χ3n) is 3.25. The Morgan fingerprint density at radius 2 is 1.90 bits per heavy atom. The van der Waals surface area contributed by atoms with Crippen molar-refractivity contribution in [1.29, 1.82) is 0 Å². The molecule has 0 spiro atoms. The lowest BCUT2D eigenvalue weighted by Crippen LogP contribution is -2.16. The minimum atomic E-state index is -4.02. The first-order valence-corrected chi connectivity index (χ1v) is 8.00. The summed E-state index contributed by atoms with van der Waals surface area (Å²) >= 11 is 0. The molecule has 0 saturated carbocycles. The van der Waals surface area contributed by atoms with Crippen molar-refractivity contribution >= 4 is 21.4 Å². The Morgan fingerprint density at radius 3 is 2.57 bits per heavy atom. The smallest absolute Gasteiger partial charge is 0.264 e. The van der Waals surface area contributed by atoms with E-state index in [1.807, 2.05) is 19.1 Å². The molecule has 0 fully saturated rings. The van der Waals surface area contributed by atoms with Gasteiger partial charge in [0.15, 0.2) is 0 Å². The molecular weight excluding hydrogens is 291 g/mol. The third-order valence-corrected chi connectivity index (χ3v) is 4.63. The molecule has 0 aliphatic heterocycles. The number of nitrogens with one attached hydrogen (secondary N) is 1. The van der Waals surface area contributed by atoms with Crippen LogP contribution in [0.5, 0.6) is 0 Å². The van der Waals surface area contributed by atoms with Crippen LogP contribution in [0.25, 0.3) is 0 Å². The van der Waals surface area contributed by atoms with Crippen LogP contribution in [0.2, 0.25) is 0 Å². The average molecular weight is 308 g/mol. The summed E-state index contributed by atoms with van der Waals surface area (Å²) in [5, 5.41) is 0. The fourth-order valence-corrected chi connectivity index (χ4v) is 3.20. The number of para-hydroxylation sites is 1. The second-order valence-electron chi connectivity index (χ2n) is 4.76. The van der Waals surface area contributed by atoms with E-state index >= 15 is 0 Å². The molecule has 0 aromatic heterocycles. The monoisotopic (exact) mass is 308 g/mol. The van der Waals surface area contributed by atoms with Crippen molar-refractivity contribution in [2.24, 2.45) is 0 Å². The van der Waals surface area contributed by atoms with Gasteiger partial charge < -0.3 is 5.73 Å². The summed E-state index contributed by atoms with van der Waals surface area (Å²) < 4.78 is 41.0. The van der Waals surface area contributed by atoms with Gasteiger partial charge in [-0.15, -0.1) is 0 Å². The molecule has 4 nitrogen and oxygen atoms in total. The molecule has 0 unspecified atom stereocenters. The third kappa shape index (κ3) is 3.16. The first-order chi connectivity index (χ1) is 9.85. The Bertz CT molecular complexity index is 773. The lowest BCUT2D eigenvalue weighted by molar-refractivity contribution is 0.570. The minimum absolute atomic E-state index is 0.237. The quantitative estimate of drug-likeness (QED) is 0.853. The Kier molecular flexibility index (Phi) is 4.18. The SMILES string of the molecule is CCc1ccccc1NS(=O)(=O)c1cc(N)c(C)cc1F. The predicted molar refractivity (Wildman–Crippen MR) is 82.2 cm³/mol. The van der Waals surface area contributed by atoms with E-state index in [4.69, 9.17) is 5.73 Å². The standard InChI is InChI=1S/C15H17FN2O2S/c1-3-11-6-4-5-7-14(11)18-21(19,20)15-9-13(17)10(2)8-12(15)16/h4-9,18H,3,17H2,1-2H3. The first kappa shape index (κ1) is 15.3. The molecular formula is C15H17FN2O2S. The molecule has 0 bridgehead atoms. The van der Waals surface area contributed by atoms with Crippen molar-refractivity contribution in [3.63, 3.8) is 0 Å². The number of anilines is 2. The average Bonchev–Trinajstić information content (AvgIpc) is 2.43. The number of nitrogen functional groups attached to an aromatic ring is 1. The van der Waals surface area contributed by atoms with E-state index in [1.54, 1.807) is 19.1 Å². The zero-order valence-corrected chi connectivity index (χ0v) is 12.7. The summed E-state index contributed by atoms with van der Waals surface area (Å²) in [6.45, 7) is 3.53. The van der Waals surface area contributed by atoms with Crippen molar-refractivity contribution in [3.05, 3.63) is 53.3 Å². The van der Waals surface area contributed by atoms with Gasteiger partial charge in [0.25, 0.3) is 10.0 Å². The largest absolute Gasteiger partial charge is 0.398 e. The lowest BCUT2D eigenvalue weighted by atomic mass is 10.1. The maximum absolute atomic E-state index is 13.9. The highest BCUT2D eigenvalue weighted by molar-refractivity contribution is 7.92. The van der Waals surface area contributed by atoms with Gasteiger partial charge in [0.2, 0.25) is 0 Å². The fourth-order valence-electron chi connectivity index (χ4n) is 2.00. The summed E-state index contributed by atoms with van der Waals surface area (Å²) in [5.74, 6) is -0.817. The van der Waals surface area contributed by atoms with Gasteiger partial charge in [-0.25, -0.2) is 12.8 Å². The van der Waals surface area contributed by atoms with Gasteiger partial charge in [-0.05, 0) is 42.7 Å². The van der Waals surface area contributed by atoms with Crippen LogP contribution in [-0.2, 0) is 16.4 Å². The molecule has 0 saturated heterocycles. The van der Waals surface area contributed by atoms with Gasteiger partial charge in [-0.3, -0.25) is 4.72 Å². The maximum atomic E-state index is 13.9. The number of rotatable bonds is 4. The number of hydrogen-bond acceptors (Lipinski definition) is 3. The van der Waals surface area contributed by atoms with E-state index in [9.17, 15) is 12.8 Å². The highest BCUT2D eigenvalue weighted by Gasteiger charge is 2.21. The molecule has 0 radical (unpaired) electrons. The Balaban J connectivity index is 2.46. The highest BCUT2D eigenvalue weighted by atomic mass is 32.2. The number of aryl methyl sites for hydroxylation is 2. The zero-order valence-electron chi connectivity index (χ0n) is 11.9. The van der Waals surface area contributed by atoms with E-state index < -0.39 is 20.7 Å². The Labute approximate surface area is 123 Å². The molecule has 6 heteroatoms. The predicted octanol–water partition coefficient (Wildman–Crippen LogP) is 3.08. The van der Waals surface area contributed by atoms with E-state index in [0.29, 0.717) is 17.7 Å². The highest BCUT2D eigenvalue weighted by Crippen LogP contribution is 2.25. The Hall–Kier alpha value is -2.08. The van der Waals surface area contributed by atoms with E-state index in [-0.39, 0.29) is 5.69 Å². The molecule has 0 heterocycles. The molecule has 0 amide bonds. The molecule has 0 aliphatic carbocycles. The van der Waals surface area contributed by atoms with Crippen LogP contribution in [0, 0.1) is 12.7 Å². The normalized spacial score (nSPS) is 11.4.